The van der Waals surface area contributed by atoms with Crippen molar-refractivity contribution in [2.24, 2.45) is 0 Å². The second-order valence-electron chi connectivity index (χ2n) is 6.05. The Morgan fingerprint density at radius 2 is 2.14 bits per heavy atom. The summed E-state index contributed by atoms with van der Waals surface area (Å²) >= 11 is 1.75. The molecular formula is C17H26N2O2S. The highest BCUT2D eigenvalue weighted by Crippen LogP contribution is 2.27. The molecule has 0 spiro atoms. The van der Waals surface area contributed by atoms with Gasteiger partial charge in [0.05, 0.1) is 6.04 Å². The lowest BCUT2D eigenvalue weighted by Gasteiger charge is -2.35. The van der Waals surface area contributed by atoms with Crippen molar-refractivity contribution in [2.45, 2.75) is 65.5 Å². The Bertz CT molecular complexity index is 553. The Morgan fingerprint density at radius 3 is 2.73 bits per heavy atom. The number of rotatable bonds is 4. The maximum Gasteiger partial charge on any atom is 0.243 e. The molecule has 22 heavy (non-hydrogen) atoms. The van der Waals surface area contributed by atoms with Gasteiger partial charge in [0, 0.05) is 22.7 Å². The van der Waals surface area contributed by atoms with Gasteiger partial charge >= 0.3 is 0 Å². The molecule has 1 aliphatic rings. The molecule has 0 bridgehead atoms. The molecule has 1 aliphatic heterocycles. The molecule has 122 valence electrons. The summed E-state index contributed by atoms with van der Waals surface area (Å²) in [5.41, 5.74) is 1.18. The quantitative estimate of drug-likeness (QED) is 0.924. The van der Waals surface area contributed by atoms with Crippen LogP contribution in [0.25, 0.3) is 0 Å². The van der Waals surface area contributed by atoms with Gasteiger partial charge in [0.25, 0.3) is 0 Å². The van der Waals surface area contributed by atoms with Gasteiger partial charge in [-0.2, -0.15) is 0 Å². The minimum absolute atomic E-state index is 0.0158. The molecule has 1 fully saturated rings. The number of carbonyl (C=O) groups excluding carboxylic acids is 2. The van der Waals surface area contributed by atoms with E-state index in [4.69, 9.17) is 0 Å². The van der Waals surface area contributed by atoms with E-state index in [0.29, 0.717) is 13.0 Å². The zero-order valence-corrected chi connectivity index (χ0v) is 14.8. The first-order chi connectivity index (χ1) is 10.4. The molecule has 5 heteroatoms. The third-order valence-corrected chi connectivity index (χ3v) is 5.31. The summed E-state index contributed by atoms with van der Waals surface area (Å²) in [5.74, 6) is 0.0623. The average molecular weight is 322 g/mol. The summed E-state index contributed by atoms with van der Waals surface area (Å²) in [5, 5.41) is 3.10. The number of carbonyl (C=O) groups is 2. The van der Waals surface area contributed by atoms with Crippen LogP contribution in [-0.4, -0.2) is 29.3 Å². The first-order valence-corrected chi connectivity index (χ1v) is 8.92. The van der Waals surface area contributed by atoms with Gasteiger partial charge < -0.3 is 10.2 Å². The highest BCUT2D eigenvalue weighted by atomic mass is 32.1. The summed E-state index contributed by atoms with van der Waals surface area (Å²) in [4.78, 5) is 28.9. The zero-order valence-electron chi connectivity index (χ0n) is 13.9. The Balaban J connectivity index is 2.06. The highest BCUT2D eigenvalue weighted by Gasteiger charge is 2.32. The first kappa shape index (κ1) is 17.0. The van der Waals surface area contributed by atoms with Gasteiger partial charge in [-0.25, -0.2) is 0 Å². The van der Waals surface area contributed by atoms with Crippen LogP contribution in [0.15, 0.2) is 6.07 Å². The molecule has 0 radical (unpaired) electrons. The third kappa shape index (κ3) is 3.69. The van der Waals surface area contributed by atoms with Gasteiger partial charge in [0.1, 0.15) is 6.04 Å². The van der Waals surface area contributed by atoms with Gasteiger partial charge in [-0.15, -0.1) is 11.3 Å². The van der Waals surface area contributed by atoms with Gasteiger partial charge in [-0.3, -0.25) is 9.59 Å². The van der Waals surface area contributed by atoms with E-state index in [2.05, 4.69) is 25.2 Å². The van der Waals surface area contributed by atoms with Gasteiger partial charge in [0.2, 0.25) is 11.8 Å². The topological polar surface area (TPSA) is 49.4 Å². The number of hydrogen-bond donors (Lipinski definition) is 1. The fraction of sp³-hybridized carbons (Fsp3) is 0.647. The number of thiophene rings is 1. The van der Waals surface area contributed by atoms with Crippen LogP contribution in [0.4, 0.5) is 0 Å². The van der Waals surface area contributed by atoms with Crippen molar-refractivity contribution in [1.82, 2.24) is 10.2 Å². The van der Waals surface area contributed by atoms with E-state index >= 15 is 0 Å². The van der Waals surface area contributed by atoms with Crippen LogP contribution < -0.4 is 5.32 Å². The lowest BCUT2D eigenvalue weighted by Crippen LogP contribution is -2.52. The Labute approximate surface area is 136 Å². The van der Waals surface area contributed by atoms with Crippen LogP contribution in [0.2, 0.25) is 0 Å². The summed E-state index contributed by atoms with van der Waals surface area (Å²) < 4.78 is 0. The number of piperidine rings is 1. The van der Waals surface area contributed by atoms with Crippen LogP contribution in [0, 0.1) is 13.8 Å². The molecule has 2 atom stereocenters. The zero-order chi connectivity index (χ0) is 16.3. The molecule has 2 rings (SSSR count). The van der Waals surface area contributed by atoms with E-state index in [-0.39, 0.29) is 23.9 Å². The largest absolute Gasteiger partial charge is 0.348 e. The van der Waals surface area contributed by atoms with Crippen LogP contribution in [0.3, 0.4) is 0 Å². The van der Waals surface area contributed by atoms with E-state index in [1.54, 1.807) is 16.2 Å². The SMILES string of the molecule is CCC(=O)N1CCCC[C@@H]1C(=O)N[C@H](C)c1cc(C)sc1C. The monoisotopic (exact) mass is 322 g/mol. The molecule has 1 saturated heterocycles. The summed E-state index contributed by atoms with van der Waals surface area (Å²) in [7, 11) is 0. The van der Waals surface area contributed by atoms with E-state index in [0.717, 1.165) is 19.3 Å². The summed E-state index contributed by atoms with van der Waals surface area (Å²) in [6, 6.07) is 1.82. The van der Waals surface area contributed by atoms with Gasteiger partial charge in [-0.1, -0.05) is 6.92 Å². The van der Waals surface area contributed by atoms with Crippen molar-refractivity contribution in [2.75, 3.05) is 6.54 Å². The van der Waals surface area contributed by atoms with Crippen molar-refractivity contribution in [3.8, 4) is 0 Å². The Morgan fingerprint density at radius 1 is 1.41 bits per heavy atom. The molecule has 1 aromatic heterocycles. The molecule has 4 nitrogen and oxygen atoms in total. The molecule has 1 N–H and O–H groups in total. The number of likely N-dealkylation sites (tertiary alicyclic amines) is 1. The number of aryl methyl sites for hydroxylation is 2. The van der Waals surface area contributed by atoms with Crippen LogP contribution in [0.1, 0.15) is 60.9 Å². The minimum atomic E-state index is -0.302. The molecule has 0 aromatic carbocycles. The standard InChI is InChI=1S/C17H26N2O2S/c1-5-16(20)19-9-7-6-8-15(19)17(21)18-12(3)14-10-11(2)22-13(14)4/h10,12,15H,5-9H2,1-4H3,(H,18,21)/t12-,15-/m1/s1. The maximum absolute atomic E-state index is 12.6. The second-order valence-corrected chi connectivity index (χ2v) is 7.51. The van der Waals surface area contributed by atoms with Crippen molar-refractivity contribution in [3.05, 3.63) is 21.4 Å². The lowest BCUT2D eigenvalue weighted by molar-refractivity contribution is -0.142. The number of nitrogens with one attached hydrogen (secondary N) is 1. The molecule has 2 heterocycles. The number of nitrogens with zero attached hydrogens (tertiary/aromatic N) is 1. The van der Waals surface area contributed by atoms with Crippen LogP contribution in [0.5, 0.6) is 0 Å². The molecule has 1 aromatic rings. The van der Waals surface area contributed by atoms with E-state index in [1.165, 1.54) is 15.3 Å². The minimum Gasteiger partial charge on any atom is -0.348 e. The van der Waals surface area contributed by atoms with Gasteiger partial charge in [0.15, 0.2) is 0 Å². The maximum atomic E-state index is 12.6. The van der Waals surface area contributed by atoms with Crippen molar-refractivity contribution >= 4 is 23.2 Å². The Kier molecular flexibility index (Phi) is 5.62. The fourth-order valence-corrected chi connectivity index (χ4v) is 4.20. The molecular weight excluding hydrogens is 296 g/mol. The smallest absolute Gasteiger partial charge is 0.243 e. The highest BCUT2D eigenvalue weighted by molar-refractivity contribution is 7.12. The molecule has 0 aliphatic carbocycles. The van der Waals surface area contributed by atoms with Gasteiger partial charge in [-0.05, 0) is 51.7 Å². The van der Waals surface area contributed by atoms with Crippen LogP contribution in [-0.2, 0) is 9.59 Å². The van der Waals surface area contributed by atoms with Crippen molar-refractivity contribution in [3.63, 3.8) is 0 Å². The van der Waals surface area contributed by atoms with E-state index < -0.39 is 0 Å². The van der Waals surface area contributed by atoms with Crippen LogP contribution >= 0.6 is 11.3 Å². The fourth-order valence-electron chi connectivity index (χ4n) is 3.17. The molecule has 2 amide bonds. The predicted octanol–water partition coefficient (Wildman–Crippen LogP) is 3.33. The second kappa shape index (κ2) is 7.27. The third-order valence-electron chi connectivity index (χ3n) is 4.33. The van der Waals surface area contributed by atoms with Crippen molar-refractivity contribution in [1.29, 1.82) is 0 Å². The Hall–Kier alpha value is -1.36. The molecule has 0 unspecified atom stereocenters. The lowest BCUT2D eigenvalue weighted by atomic mass is 10.00. The molecule has 0 saturated carbocycles. The predicted molar refractivity (Wildman–Crippen MR) is 90.0 cm³/mol. The van der Waals surface area contributed by atoms with Crippen molar-refractivity contribution < 1.29 is 9.59 Å². The first-order valence-electron chi connectivity index (χ1n) is 8.10. The number of hydrogen-bond acceptors (Lipinski definition) is 3. The summed E-state index contributed by atoms with van der Waals surface area (Å²) in [6.07, 6.45) is 3.23. The normalized spacial score (nSPS) is 19.8. The summed E-state index contributed by atoms with van der Waals surface area (Å²) in [6.45, 7) is 8.74. The van der Waals surface area contributed by atoms with E-state index in [1.807, 2.05) is 13.8 Å². The van der Waals surface area contributed by atoms with E-state index in [9.17, 15) is 9.59 Å². The number of amides is 2. The average Bonchev–Trinajstić information content (AvgIpc) is 2.85.